The van der Waals surface area contributed by atoms with Crippen LogP contribution in [-0.4, -0.2) is 50.5 Å². The predicted octanol–water partition coefficient (Wildman–Crippen LogP) is 3.44. The van der Waals surface area contributed by atoms with E-state index in [0.717, 1.165) is 39.8 Å². The lowest BCUT2D eigenvalue weighted by atomic mass is 9.93. The number of imidazole rings is 1. The molecule has 2 fully saturated rings. The lowest BCUT2D eigenvalue weighted by Crippen LogP contribution is -2.50. The van der Waals surface area contributed by atoms with Crippen molar-refractivity contribution in [2.24, 2.45) is 11.8 Å². The van der Waals surface area contributed by atoms with E-state index in [4.69, 9.17) is 9.97 Å². The molecule has 164 valence electrons. The van der Waals surface area contributed by atoms with Crippen molar-refractivity contribution in [3.05, 3.63) is 35.9 Å². The zero-order chi connectivity index (χ0) is 21.1. The lowest BCUT2D eigenvalue weighted by Gasteiger charge is -2.37. The van der Waals surface area contributed by atoms with E-state index in [2.05, 4.69) is 33.3 Å². The molecule has 1 aliphatic heterocycles. The van der Waals surface area contributed by atoms with Gasteiger partial charge in [-0.3, -0.25) is 0 Å². The first-order valence-electron chi connectivity index (χ1n) is 10.6. The third-order valence-corrected chi connectivity index (χ3v) is 7.68. The first kappa shape index (κ1) is 21.1. The van der Waals surface area contributed by atoms with Crippen molar-refractivity contribution in [1.82, 2.24) is 29.7 Å². The first-order chi connectivity index (χ1) is 15.1. The zero-order valence-electron chi connectivity index (χ0n) is 17.8. The minimum atomic E-state index is 0. The van der Waals surface area contributed by atoms with Gasteiger partial charge in [0.05, 0.1) is 17.5 Å². The average Bonchev–Trinajstić information content (AvgIpc) is 3.44. The number of fused-ring (bicyclic) bond motifs is 4. The zero-order valence-corrected chi connectivity index (χ0v) is 19.4. The normalized spacial score (nSPS) is 22.1. The molecule has 1 saturated heterocycles. The Bertz CT molecular complexity index is 1340. The molecule has 1 N–H and O–H groups in total. The standard InChI is InChI=1S/C22H22N8S.ClH/c1-12-10-30-11-16(5-15(6-23)20(30)26-12)19-25-9-17-21(28-19)31-22(27-17)29(2)18-13-3-4-14(18)8-24-7-13;/h5,9-11,13-14,18,24H,3-4,7-8H2,1-2H3;1H/t13-,14+,18?;. The van der Waals surface area contributed by atoms with E-state index >= 15 is 0 Å². The average molecular weight is 467 g/mol. The Morgan fingerprint density at radius 3 is 2.72 bits per heavy atom. The van der Waals surface area contributed by atoms with Crippen LogP contribution in [0, 0.1) is 30.1 Å². The molecular formula is C22H23ClN8S. The molecule has 4 aromatic heterocycles. The summed E-state index contributed by atoms with van der Waals surface area (Å²) in [6.07, 6.45) is 8.21. The summed E-state index contributed by atoms with van der Waals surface area (Å²) in [5, 5.41) is 14.1. The maximum atomic E-state index is 9.56. The number of aryl methyl sites for hydroxylation is 1. The number of rotatable bonds is 3. The van der Waals surface area contributed by atoms with Crippen LogP contribution in [0.2, 0.25) is 0 Å². The molecule has 2 bridgehead atoms. The molecule has 3 atom stereocenters. The number of anilines is 1. The highest BCUT2D eigenvalue weighted by molar-refractivity contribution is 7.21. The van der Waals surface area contributed by atoms with E-state index in [1.165, 1.54) is 12.8 Å². The highest BCUT2D eigenvalue weighted by Crippen LogP contribution is 2.40. The number of hydrogen-bond donors (Lipinski definition) is 1. The number of hydrogen-bond acceptors (Lipinski definition) is 8. The van der Waals surface area contributed by atoms with Crippen LogP contribution in [-0.2, 0) is 0 Å². The summed E-state index contributed by atoms with van der Waals surface area (Å²) in [6.45, 7) is 4.11. The molecule has 32 heavy (non-hydrogen) atoms. The van der Waals surface area contributed by atoms with Crippen molar-refractivity contribution in [2.45, 2.75) is 25.8 Å². The summed E-state index contributed by atoms with van der Waals surface area (Å²) in [4.78, 5) is 21.9. The van der Waals surface area contributed by atoms with Crippen LogP contribution in [0.15, 0.2) is 24.7 Å². The van der Waals surface area contributed by atoms with Gasteiger partial charge < -0.3 is 14.6 Å². The smallest absolute Gasteiger partial charge is 0.188 e. The van der Waals surface area contributed by atoms with Crippen LogP contribution in [0.3, 0.4) is 0 Å². The number of nitrogens with zero attached hydrogens (tertiary/aromatic N) is 7. The van der Waals surface area contributed by atoms with Crippen LogP contribution >= 0.6 is 23.7 Å². The Balaban J connectivity index is 0.00000216. The highest BCUT2D eigenvalue weighted by Gasteiger charge is 2.42. The molecular weight excluding hydrogens is 444 g/mol. The molecule has 5 heterocycles. The summed E-state index contributed by atoms with van der Waals surface area (Å²) >= 11 is 1.62. The van der Waals surface area contributed by atoms with Crippen molar-refractivity contribution in [2.75, 3.05) is 25.0 Å². The van der Waals surface area contributed by atoms with E-state index in [0.29, 0.717) is 34.9 Å². The Hall–Kier alpha value is -2.80. The summed E-state index contributed by atoms with van der Waals surface area (Å²) in [5.41, 5.74) is 3.65. The van der Waals surface area contributed by atoms with Gasteiger partial charge >= 0.3 is 0 Å². The molecule has 6 rings (SSSR count). The minimum absolute atomic E-state index is 0. The van der Waals surface area contributed by atoms with Crippen LogP contribution in [0.25, 0.3) is 27.4 Å². The number of nitriles is 1. The van der Waals surface area contributed by atoms with E-state index < -0.39 is 0 Å². The van der Waals surface area contributed by atoms with Crippen LogP contribution in [0.4, 0.5) is 5.13 Å². The third kappa shape index (κ3) is 3.30. The SMILES string of the molecule is Cc1cn2cc(-c3ncc4nc(N(C)C5[C@@H]6CC[C@H]5CNC6)sc4n3)cc(C#N)c2n1.Cl. The van der Waals surface area contributed by atoms with E-state index in [1.807, 2.05) is 29.8 Å². The maximum Gasteiger partial charge on any atom is 0.188 e. The molecule has 1 unspecified atom stereocenters. The predicted molar refractivity (Wildman–Crippen MR) is 127 cm³/mol. The van der Waals surface area contributed by atoms with E-state index in [1.54, 1.807) is 17.5 Å². The van der Waals surface area contributed by atoms with Gasteiger partial charge in [0.2, 0.25) is 0 Å². The van der Waals surface area contributed by atoms with Crippen LogP contribution in [0.5, 0.6) is 0 Å². The number of piperidine rings is 1. The second-order valence-corrected chi connectivity index (χ2v) is 9.56. The second-order valence-electron chi connectivity index (χ2n) is 8.61. The lowest BCUT2D eigenvalue weighted by molar-refractivity contribution is 0.314. The minimum Gasteiger partial charge on any atom is -0.347 e. The van der Waals surface area contributed by atoms with Crippen molar-refractivity contribution in [3.8, 4) is 17.5 Å². The maximum absolute atomic E-state index is 9.56. The van der Waals surface area contributed by atoms with Gasteiger partial charge in [0, 0.05) is 31.0 Å². The van der Waals surface area contributed by atoms with Gasteiger partial charge in [-0.25, -0.2) is 19.9 Å². The molecule has 2 aliphatic rings. The largest absolute Gasteiger partial charge is 0.347 e. The van der Waals surface area contributed by atoms with Crippen molar-refractivity contribution >= 4 is 44.9 Å². The van der Waals surface area contributed by atoms with Crippen molar-refractivity contribution < 1.29 is 0 Å². The van der Waals surface area contributed by atoms with Gasteiger partial charge in [0.25, 0.3) is 0 Å². The van der Waals surface area contributed by atoms with E-state index in [-0.39, 0.29) is 12.4 Å². The highest BCUT2D eigenvalue weighted by atomic mass is 35.5. The molecule has 0 aromatic carbocycles. The third-order valence-electron chi connectivity index (χ3n) is 6.63. The Labute approximate surface area is 195 Å². The van der Waals surface area contributed by atoms with Gasteiger partial charge in [-0.05, 0) is 50.8 Å². The molecule has 10 heteroatoms. The summed E-state index contributed by atoms with van der Waals surface area (Å²) in [5.74, 6) is 1.97. The quantitative estimate of drug-likeness (QED) is 0.494. The molecule has 1 aliphatic carbocycles. The van der Waals surface area contributed by atoms with E-state index in [9.17, 15) is 5.26 Å². The van der Waals surface area contributed by atoms with Crippen LogP contribution < -0.4 is 10.2 Å². The molecule has 0 radical (unpaired) electrons. The second kappa shape index (κ2) is 7.96. The first-order valence-corrected chi connectivity index (χ1v) is 11.4. The molecule has 0 spiro atoms. The summed E-state index contributed by atoms with van der Waals surface area (Å²) < 4.78 is 1.87. The van der Waals surface area contributed by atoms with Gasteiger partial charge in [0.1, 0.15) is 16.4 Å². The monoisotopic (exact) mass is 466 g/mol. The van der Waals surface area contributed by atoms with Crippen molar-refractivity contribution in [1.29, 1.82) is 5.26 Å². The fourth-order valence-corrected chi connectivity index (χ4v) is 6.17. The number of pyridine rings is 1. The van der Waals surface area contributed by atoms with Gasteiger partial charge in [0.15, 0.2) is 16.6 Å². The Morgan fingerprint density at radius 2 is 1.97 bits per heavy atom. The number of thiazole rings is 1. The number of nitrogens with one attached hydrogen (secondary N) is 1. The molecule has 8 nitrogen and oxygen atoms in total. The van der Waals surface area contributed by atoms with Crippen molar-refractivity contribution in [3.63, 3.8) is 0 Å². The van der Waals surface area contributed by atoms with Gasteiger partial charge in [-0.2, -0.15) is 5.26 Å². The van der Waals surface area contributed by atoms with Gasteiger partial charge in [-0.1, -0.05) is 11.3 Å². The van der Waals surface area contributed by atoms with Crippen LogP contribution in [0.1, 0.15) is 24.1 Å². The number of halogens is 1. The van der Waals surface area contributed by atoms with Gasteiger partial charge in [-0.15, -0.1) is 12.4 Å². The Morgan fingerprint density at radius 1 is 1.19 bits per heavy atom. The topological polar surface area (TPSA) is 95.0 Å². The fourth-order valence-electron chi connectivity index (χ4n) is 5.25. The molecule has 0 amide bonds. The summed E-state index contributed by atoms with van der Waals surface area (Å²) in [6, 6.07) is 4.59. The molecule has 4 aromatic rings. The Kier molecular flexibility index (Phi) is 5.24. The number of aromatic nitrogens is 5. The molecule has 1 saturated carbocycles. The summed E-state index contributed by atoms with van der Waals surface area (Å²) in [7, 11) is 2.17. The fraction of sp³-hybridized carbons (Fsp3) is 0.409.